The van der Waals surface area contributed by atoms with Crippen molar-refractivity contribution in [3.8, 4) is 0 Å². The Hall–Kier alpha value is -3.15. The van der Waals surface area contributed by atoms with Crippen LogP contribution in [0.1, 0.15) is 18.4 Å². The molecule has 136 valence electrons. The monoisotopic (exact) mass is 356 g/mol. The van der Waals surface area contributed by atoms with Gasteiger partial charge in [-0.2, -0.15) is 0 Å². The summed E-state index contributed by atoms with van der Waals surface area (Å²) in [6.45, 7) is 3.28. The summed E-state index contributed by atoms with van der Waals surface area (Å²) in [5.74, 6) is -1.62. The van der Waals surface area contributed by atoms with Gasteiger partial charge in [-0.1, -0.05) is 43.0 Å². The summed E-state index contributed by atoms with van der Waals surface area (Å²) in [4.78, 5) is 34.0. The van der Waals surface area contributed by atoms with E-state index in [1.54, 1.807) is 0 Å². The standard InChI is InChI=1S/C20H20O6/c1-2-18(21)24-11-12-25-19(22)9-10-20(23)26-14-15-7-8-16-5-3-4-6-17(16)13-15/h2-8,13H,1,9-12,14H2. The van der Waals surface area contributed by atoms with Crippen molar-refractivity contribution in [3.63, 3.8) is 0 Å². The van der Waals surface area contributed by atoms with E-state index in [1.165, 1.54) is 0 Å². The second kappa shape index (κ2) is 9.98. The fourth-order valence-corrected chi connectivity index (χ4v) is 2.20. The van der Waals surface area contributed by atoms with Crippen LogP contribution in [0.2, 0.25) is 0 Å². The summed E-state index contributed by atoms with van der Waals surface area (Å²) in [6, 6.07) is 13.7. The Morgan fingerprint density at radius 2 is 1.50 bits per heavy atom. The molecule has 0 aromatic heterocycles. The molecule has 0 radical (unpaired) electrons. The third-order valence-electron chi connectivity index (χ3n) is 3.50. The van der Waals surface area contributed by atoms with E-state index >= 15 is 0 Å². The molecule has 0 N–H and O–H groups in total. The minimum atomic E-state index is -0.585. The zero-order valence-electron chi connectivity index (χ0n) is 14.3. The number of hydrogen-bond acceptors (Lipinski definition) is 6. The van der Waals surface area contributed by atoms with Gasteiger partial charge in [0.25, 0.3) is 0 Å². The molecule has 2 rings (SSSR count). The molecule has 0 spiro atoms. The van der Waals surface area contributed by atoms with E-state index in [-0.39, 0.29) is 32.7 Å². The van der Waals surface area contributed by atoms with Gasteiger partial charge >= 0.3 is 17.9 Å². The van der Waals surface area contributed by atoms with E-state index in [2.05, 4.69) is 11.3 Å². The minimum absolute atomic E-state index is 0.0526. The lowest BCUT2D eigenvalue weighted by Gasteiger charge is -2.07. The molecule has 6 nitrogen and oxygen atoms in total. The lowest BCUT2D eigenvalue weighted by molar-refractivity contribution is -0.153. The molecule has 0 saturated heterocycles. The molecule has 0 fully saturated rings. The summed E-state index contributed by atoms with van der Waals surface area (Å²) < 4.78 is 14.7. The molecule has 0 aliphatic heterocycles. The number of ether oxygens (including phenoxy) is 3. The van der Waals surface area contributed by atoms with Crippen molar-refractivity contribution in [1.29, 1.82) is 0 Å². The average molecular weight is 356 g/mol. The van der Waals surface area contributed by atoms with Crippen LogP contribution in [0.25, 0.3) is 10.8 Å². The topological polar surface area (TPSA) is 78.9 Å². The van der Waals surface area contributed by atoms with Crippen LogP contribution in [0.3, 0.4) is 0 Å². The average Bonchev–Trinajstić information content (AvgIpc) is 2.67. The molecule has 0 aliphatic rings. The van der Waals surface area contributed by atoms with Crippen LogP contribution < -0.4 is 0 Å². The van der Waals surface area contributed by atoms with Gasteiger partial charge in [-0.3, -0.25) is 9.59 Å². The molecule has 2 aromatic carbocycles. The van der Waals surface area contributed by atoms with Crippen LogP contribution >= 0.6 is 0 Å². The van der Waals surface area contributed by atoms with Crippen molar-refractivity contribution in [3.05, 3.63) is 60.7 Å². The van der Waals surface area contributed by atoms with Gasteiger partial charge in [-0.15, -0.1) is 0 Å². The maximum Gasteiger partial charge on any atom is 0.330 e. The molecule has 0 atom stereocenters. The molecule has 0 aliphatic carbocycles. The molecule has 26 heavy (non-hydrogen) atoms. The van der Waals surface area contributed by atoms with Gasteiger partial charge < -0.3 is 14.2 Å². The maximum atomic E-state index is 11.7. The lowest BCUT2D eigenvalue weighted by atomic mass is 10.1. The molecule has 0 saturated carbocycles. The number of carbonyl (C=O) groups excluding carboxylic acids is 3. The molecule has 0 unspecified atom stereocenters. The third kappa shape index (κ3) is 6.39. The van der Waals surface area contributed by atoms with Crippen molar-refractivity contribution in [2.45, 2.75) is 19.4 Å². The predicted octanol–water partition coefficient (Wildman–Crippen LogP) is 2.94. The fraction of sp³-hybridized carbons (Fsp3) is 0.250. The molecule has 0 amide bonds. The van der Waals surface area contributed by atoms with Crippen LogP contribution in [0.5, 0.6) is 0 Å². The summed E-state index contributed by atoms with van der Waals surface area (Å²) in [5, 5.41) is 2.19. The van der Waals surface area contributed by atoms with E-state index in [1.807, 2.05) is 42.5 Å². The number of hydrogen-bond donors (Lipinski definition) is 0. The number of esters is 3. The Bertz CT molecular complexity index is 796. The van der Waals surface area contributed by atoms with Crippen molar-refractivity contribution in [2.24, 2.45) is 0 Å². The summed E-state index contributed by atoms with van der Waals surface area (Å²) >= 11 is 0. The lowest BCUT2D eigenvalue weighted by Crippen LogP contribution is -2.14. The molecular weight excluding hydrogens is 336 g/mol. The number of fused-ring (bicyclic) bond motifs is 1. The zero-order valence-corrected chi connectivity index (χ0v) is 14.3. The van der Waals surface area contributed by atoms with Crippen molar-refractivity contribution < 1.29 is 28.6 Å². The number of rotatable bonds is 9. The van der Waals surface area contributed by atoms with Gasteiger partial charge in [-0.05, 0) is 22.4 Å². The maximum absolute atomic E-state index is 11.7. The zero-order chi connectivity index (χ0) is 18.8. The van der Waals surface area contributed by atoms with Gasteiger partial charge in [0.1, 0.15) is 19.8 Å². The van der Waals surface area contributed by atoms with E-state index in [4.69, 9.17) is 9.47 Å². The van der Waals surface area contributed by atoms with Crippen LogP contribution in [-0.4, -0.2) is 31.1 Å². The summed E-state index contributed by atoms with van der Waals surface area (Å²) in [5.41, 5.74) is 0.878. The second-order valence-corrected chi connectivity index (χ2v) is 5.43. The van der Waals surface area contributed by atoms with Gasteiger partial charge in [0.15, 0.2) is 0 Å². The molecule has 0 heterocycles. The minimum Gasteiger partial charge on any atom is -0.462 e. The first-order valence-electron chi connectivity index (χ1n) is 8.16. The predicted molar refractivity (Wildman–Crippen MR) is 95.1 cm³/mol. The van der Waals surface area contributed by atoms with Gasteiger partial charge in [-0.25, -0.2) is 4.79 Å². The highest BCUT2D eigenvalue weighted by Crippen LogP contribution is 2.16. The van der Waals surface area contributed by atoms with E-state index in [0.29, 0.717) is 0 Å². The number of carbonyl (C=O) groups is 3. The Balaban J connectivity index is 1.65. The first-order valence-corrected chi connectivity index (χ1v) is 8.16. The smallest absolute Gasteiger partial charge is 0.330 e. The van der Waals surface area contributed by atoms with E-state index < -0.39 is 17.9 Å². The van der Waals surface area contributed by atoms with E-state index in [9.17, 15) is 14.4 Å². The van der Waals surface area contributed by atoms with Gasteiger partial charge in [0.2, 0.25) is 0 Å². The van der Waals surface area contributed by atoms with Crippen molar-refractivity contribution in [2.75, 3.05) is 13.2 Å². The van der Waals surface area contributed by atoms with Gasteiger partial charge in [0, 0.05) is 6.08 Å². The Morgan fingerprint density at radius 1 is 0.846 bits per heavy atom. The highest BCUT2D eigenvalue weighted by atomic mass is 16.6. The third-order valence-corrected chi connectivity index (χ3v) is 3.50. The Labute approximate surface area is 151 Å². The highest BCUT2D eigenvalue weighted by molar-refractivity contribution is 5.83. The van der Waals surface area contributed by atoms with Crippen LogP contribution in [0.15, 0.2) is 55.1 Å². The first kappa shape index (κ1) is 19.2. The largest absolute Gasteiger partial charge is 0.462 e. The quantitative estimate of drug-likeness (QED) is 0.297. The second-order valence-electron chi connectivity index (χ2n) is 5.43. The summed E-state index contributed by atoms with van der Waals surface area (Å²) in [7, 11) is 0. The van der Waals surface area contributed by atoms with Crippen molar-refractivity contribution in [1.82, 2.24) is 0 Å². The molecule has 0 bridgehead atoms. The highest BCUT2D eigenvalue weighted by Gasteiger charge is 2.10. The van der Waals surface area contributed by atoms with E-state index in [0.717, 1.165) is 22.4 Å². The summed E-state index contributed by atoms with van der Waals surface area (Å²) in [6.07, 6.45) is 0.859. The number of benzene rings is 2. The normalized spacial score (nSPS) is 10.2. The Kier molecular flexibility index (Phi) is 7.36. The molecule has 6 heteroatoms. The molecule has 2 aromatic rings. The van der Waals surface area contributed by atoms with Gasteiger partial charge in [0.05, 0.1) is 12.8 Å². The van der Waals surface area contributed by atoms with Crippen LogP contribution in [-0.2, 0) is 35.2 Å². The van der Waals surface area contributed by atoms with Crippen LogP contribution in [0, 0.1) is 0 Å². The first-order chi connectivity index (χ1) is 12.6. The van der Waals surface area contributed by atoms with Crippen molar-refractivity contribution >= 4 is 28.7 Å². The Morgan fingerprint density at radius 3 is 2.23 bits per heavy atom. The fourth-order valence-electron chi connectivity index (χ4n) is 2.20. The molecular formula is C20H20O6. The van der Waals surface area contributed by atoms with Crippen LogP contribution in [0.4, 0.5) is 0 Å². The SMILES string of the molecule is C=CC(=O)OCCOC(=O)CCC(=O)OCc1ccc2ccccc2c1.